The number of unbranched alkanes of at least 4 members (excludes halogenated alkanes) is 1. The topological polar surface area (TPSA) is 23.5 Å². The molecule has 2 aliphatic rings. The summed E-state index contributed by atoms with van der Waals surface area (Å²) in [7, 11) is 0. The maximum atomic E-state index is 9.66. The molecule has 0 aromatic heterocycles. The minimum Gasteiger partial charge on any atom is -0.392 e. The Labute approximate surface area is 87.3 Å². The van der Waals surface area contributed by atoms with Crippen LogP contribution in [0.1, 0.15) is 45.4 Å². The Hall–Kier alpha value is -0.0800. The number of nitrogens with zero attached hydrogens (tertiary/aromatic N) is 1. The maximum absolute atomic E-state index is 9.66. The van der Waals surface area contributed by atoms with Crippen LogP contribution in [-0.2, 0) is 0 Å². The lowest BCUT2D eigenvalue weighted by Crippen LogP contribution is -2.31. The molecule has 0 amide bonds. The molecule has 0 radical (unpaired) electrons. The monoisotopic (exact) mass is 197 g/mol. The summed E-state index contributed by atoms with van der Waals surface area (Å²) >= 11 is 0. The molecule has 1 aliphatic carbocycles. The van der Waals surface area contributed by atoms with Crippen LogP contribution in [0.4, 0.5) is 0 Å². The van der Waals surface area contributed by atoms with Crippen molar-refractivity contribution in [2.45, 2.75) is 57.6 Å². The Morgan fingerprint density at radius 3 is 2.79 bits per heavy atom. The molecule has 82 valence electrons. The fourth-order valence-electron chi connectivity index (χ4n) is 2.55. The van der Waals surface area contributed by atoms with Gasteiger partial charge in [-0.3, -0.25) is 4.90 Å². The van der Waals surface area contributed by atoms with Gasteiger partial charge in [0.15, 0.2) is 0 Å². The van der Waals surface area contributed by atoms with Crippen LogP contribution in [0.25, 0.3) is 0 Å². The number of hydrogen-bond acceptors (Lipinski definition) is 2. The molecule has 1 heterocycles. The molecule has 2 atom stereocenters. The van der Waals surface area contributed by atoms with Crippen LogP contribution < -0.4 is 0 Å². The first-order valence-corrected chi connectivity index (χ1v) is 6.21. The van der Waals surface area contributed by atoms with Crippen molar-refractivity contribution >= 4 is 0 Å². The van der Waals surface area contributed by atoms with E-state index in [9.17, 15) is 5.11 Å². The second-order valence-electron chi connectivity index (χ2n) is 5.08. The average molecular weight is 197 g/mol. The molecule has 1 aliphatic heterocycles. The van der Waals surface area contributed by atoms with Gasteiger partial charge in [-0.05, 0) is 31.6 Å². The standard InChI is InChI=1S/C12H23NO/c1-2-3-4-11-7-12(14)9-13(11)8-10-5-6-10/h10-12,14H,2-9H2,1H3/t11-,12-/m1/s1. The van der Waals surface area contributed by atoms with Crippen molar-refractivity contribution in [3.8, 4) is 0 Å². The van der Waals surface area contributed by atoms with E-state index >= 15 is 0 Å². The highest BCUT2D eigenvalue weighted by Crippen LogP contribution is 2.33. The Balaban J connectivity index is 1.78. The fraction of sp³-hybridized carbons (Fsp3) is 1.00. The number of aliphatic hydroxyl groups is 1. The van der Waals surface area contributed by atoms with Gasteiger partial charge in [0.05, 0.1) is 6.10 Å². The zero-order valence-corrected chi connectivity index (χ0v) is 9.28. The van der Waals surface area contributed by atoms with Crippen LogP contribution >= 0.6 is 0 Å². The third kappa shape index (κ3) is 2.71. The molecule has 1 N–H and O–H groups in total. The lowest BCUT2D eigenvalue weighted by molar-refractivity contribution is 0.172. The van der Waals surface area contributed by atoms with Gasteiger partial charge in [-0.25, -0.2) is 0 Å². The Bertz CT molecular complexity index is 179. The van der Waals surface area contributed by atoms with Gasteiger partial charge in [-0.2, -0.15) is 0 Å². The van der Waals surface area contributed by atoms with E-state index < -0.39 is 0 Å². The molecule has 0 unspecified atom stereocenters. The zero-order valence-electron chi connectivity index (χ0n) is 9.28. The van der Waals surface area contributed by atoms with Gasteiger partial charge in [-0.15, -0.1) is 0 Å². The SMILES string of the molecule is CCCC[C@@H]1C[C@@H](O)CN1CC1CC1. The summed E-state index contributed by atoms with van der Waals surface area (Å²) in [5.74, 6) is 0.962. The molecule has 0 bridgehead atoms. The van der Waals surface area contributed by atoms with Gasteiger partial charge in [0, 0.05) is 19.1 Å². The van der Waals surface area contributed by atoms with Crippen LogP contribution in [0.5, 0.6) is 0 Å². The molecule has 2 nitrogen and oxygen atoms in total. The number of β-amino-alcohol motifs (C(OH)–C–C–N with tert-alkyl or cyclic N) is 1. The molecule has 0 aromatic carbocycles. The van der Waals surface area contributed by atoms with Gasteiger partial charge in [0.1, 0.15) is 0 Å². The molecule has 0 spiro atoms. The molecule has 0 aromatic rings. The first-order chi connectivity index (χ1) is 6.79. The Kier molecular flexibility index (Phi) is 3.45. The van der Waals surface area contributed by atoms with E-state index in [1.807, 2.05) is 0 Å². The van der Waals surface area contributed by atoms with E-state index in [2.05, 4.69) is 11.8 Å². The second kappa shape index (κ2) is 4.63. The maximum Gasteiger partial charge on any atom is 0.0682 e. The summed E-state index contributed by atoms with van der Waals surface area (Å²) in [5.41, 5.74) is 0. The van der Waals surface area contributed by atoms with Crippen LogP contribution in [0.15, 0.2) is 0 Å². The highest BCUT2D eigenvalue weighted by atomic mass is 16.3. The van der Waals surface area contributed by atoms with Crippen molar-refractivity contribution in [2.24, 2.45) is 5.92 Å². The van der Waals surface area contributed by atoms with E-state index in [1.165, 1.54) is 38.6 Å². The van der Waals surface area contributed by atoms with E-state index in [0.29, 0.717) is 6.04 Å². The van der Waals surface area contributed by atoms with E-state index in [0.717, 1.165) is 18.9 Å². The smallest absolute Gasteiger partial charge is 0.0682 e. The fourth-order valence-corrected chi connectivity index (χ4v) is 2.55. The normalized spacial score (nSPS) is 33.9. The van der Waals surface area contributed by atoms with E-state index in [-0.39, 0.29) is 6.10 Å². The predicted molar refractivity (Wildman–Crippen MR) is 58.2 cm³/mol. The number of rotatable bonds is 5. The molecule has 14 heavy (non-hydrogen) atoms. The molecular weight excluding hydrogens is 174 g/mol. The predicted octanol–water partition coefficient (Wildman–Crippen LogP) is 2.02. The van der Waals surface area contributed by atoms with Crippen LogP contribution in [0.2, 0.25) is 0 Å². The highest BCUT2D eigenvalue weighted by molar-refractivity contribution is 4.88. The Morgan fingerprint density at radius 2 is 2.14 bits per heavy atom. The number of likely N-dealkylation sites (tertiary alicyclic amines) is 1. The van der Waals surface area contributed by atoms with Crippen LogP contribution in [0, 0.1) is 5.92 Å². The van der Waals surface area contributed by atoms with Gasteiger partial charge in [0.2, 0.25) is 0 Å². The van der Waals surface area contributed by atoms with Gasteiger partial charge >= 0.3 is 0 Å². The summed E-state index contributed by atoms with van der Waals surface area (Å²) in [6.07, 6.45) is 7.71. The third-order valence-corrected chi connectivity index (χ3v) is 3.59. The van der Waals surface area contributed by atoms with Crippen molar-refractivity contribution in [3.63, 3.8) is 0 Å². The molecule has 2 fully saturated rings. The van der Waals surface area contributed by atoms with Gasteiger partial charge in [0.25, 0.3) is 0 Å². The summed E-state index contributed by atoms with van der Waals surface area (Å²) in [5, 5.41) is 9.66. The van der Waals surface area contributed by atoms with Crippen molar-refractivity contribution in [1.29, 1.82) is 0 Å². The molecule has 1 saturated heterocycles. The zero-order chi connectivity index (χ0) is 9.97. The first-order valence-electron chi connectivity index (χ1n) is 6.21. The number of aliphatic hydroxyl groups excluding tert-OH is 1. The summed E-state index contributed by atoms with van der Waals surface area (Å²) in [4.78, 5) is 2.54. The average Bonchev–Trinajstić information content (AvgIpc) is 2.88. The summed E-state index contributed by atoms with van der Waals surface area (Å²) < 4.78 is 0. The lowest BCUT2D eigenvalue weighted by Gasteiger charge is -2.23. The van der Waals surface area contributed by atoms with E-state index in [1.54, 1.807) is 0 Å². The van der Waals surface area contributed by atoms with Crippen molar-refractivity contribution in [3.05, 3.63) is 0 Å². The molecule has 2 rings (SSSR count). The highest BCUT2D eigenvalue weighted by Gasteiger charge is 2.34. The van der Waals surface area contributed by atoms with Crippen LogP contribution in [-0.4, -0.2) is 35.2 Å². The van der Waals surface area contributed by atoms with E-state index in [4.69, 9.17) is 0 Å². The first kappa shape index (κ1) is 10.4. The largest absolute Gasteiger partial charge is 0.392 e. The Morgan fingerprint density at radius 1 is 1.36 bits per heavy atom. The van der Waals surface area contributed by atoms with Crippen LogP contribution in [0.3, 0.4) is 0 Å². The van der Waals surface area contributed by atoms with Crippen molar-refractivity contribution < 1.29 is 5.11 Å². The van der Waals surface area contributed by atoms with Gasteiger partial charge in [-0.1, -0.05) is 19.8 Å². The van der Waals surface area contributed by atoms with Gasteiger partial charge < -0.3 is 5.11 Å². The molecule has 1 saturated carbocycles. The molecular formula is C12H23NO. The van der Waals surface area contributed by atoms with Crippen molar-refractivity contribution in [1.82, 2.24) is 4.90 Å². The summed E-state index contributed by atoms with van der Waals surface area (Å²) in [6, 6.07) is 0.686. The quantitative estimate of drug-likeness (QED) is 0.729. The third-order valence-electron chi connectivity index (χ3n) is 3.59. The number of hydrogen-bond donors (Lipinski definition) is 1. The summed E-state index contributed by atoms with van der Waals surface area (Å²) in [6.45, 7) is 4.44. The lowest BCUT2D eigenvalue weighted by atomic mass is 10.1. The minimum atomic E-state index is -0.0457. The second-order valence-corrected chi connectivity index (χ2v) is 5.08. The molecule has 2 heteroatoms. The minimum absolute atomic E-state index is 0.0457. The van der Waals surface area contributed by atoms with Crippen molar-refractivity contribution in [2.75, 3.05) is 13.1 Å².